The number of halogens is 2. The fourth-order valence-corrected chi connectivity index (χ4v) is 3.44. The lowest BCUT2D eigenvalue weighted by molar-refractivity contribution is 0.884. The predicted molar refractivity (Wildman–Crippen MR) is 110 cm³/mol. The van der Waals surface area contributed by atoms with E-state index in [0.717, 1.165) is 37.0 Å². The first-order valence-electron chi connectivity index (χ1n) is 7.88. The van der Waals surface area contributed by atoms with Crippen molar-refractivity contribution < 1.29 is 0 Å². The predicted octanol–water partition coefficient (Wildman–Crippen LogP) is 6.73. The van der Waals surface area contributed by atoms with Gasteiger partial charge in [0.2, 0.25) is 0 Å². The monoisotopic (exact) mass is 452 g/mol. The Kier molecular flexibility index (Phi) is 4.55. The molecule has 4 heteroatoms. The van der Waals surface area contributed by atoms with Gasteiger partial charge >= 0.3 is 0 Å². The lowest BCUT2D eigenvalue weighted by atomic mass is 10.0. The normalized spacial score (nSPS) is 10.8. The summed E-state index contributed by atoms with van der Waals surface area (Å²) in [5, 5.41) is 4.87. The van der Waals surface area contributed by atoms with Crippen LogP contribution >= 0.6 is 31.9 Å². The molecule has 0 N–H and O–H groups in total. The molecule has 0 spiro atoms. The van der Waals surface area contributed by atoms with E-state index in [0.29, 0.717) is 0 Å². The summed E-state index contributed by atoms with van der Waals surface area (Å²) in [5.41, 5.74) is 5.34. The standard InChI is InChI=1S/C21H14Br2N2/c22-17-11-9-15(10-12-17)21-20(16-5-4-6-18(23)13-16)14-25(24-21)19-7-2-1-3-8-19/h1-14H. The van der Waals surface area contributed by atoms with E-state index in [1.165, 1.54) is 0 Å². The zero-order chi connectivity index (χ0) is 17.2. The fourth-order valence-electron chi connectivity index (χ4n) is 2.78. The summed E-state index contributed by atoms with van der Waals surface area (Å²) < 4.78 is 4.05. The Morgan fingerprint density at radius 2 is 1.44 bits per heavy atom. The molecule has 0 bridgehead atoms. The molecule has 0 radical (unpaired) electrons. The van der Waals surface area contributed by atoms with E-state index in [2.05, 4.69) is 74.5 Å². The average Bonchev–Trinajstić information content (AvgIpc) is 3.08. The van der Waals surface area contributed by atoms with Crippen LogP contribution in [-0.2, 0) is 0 Å². The second kappa shape index (κ2) is 6.98. The van der Waals surface area contributed by atoms with Crippen LogP contribution in [0.25, 0.3) is 28.1 Å². The first-order chi connectivity index (χ1) is 12.2. The van der Waals surface area contributed by atoms with E-state index < -0.39 is 0 Å². The van der Waals surface area contributed by atoms with Gasteiger partial charge in [-0.3, -0.25) is 0 Å². The molecule has 4 aromatic rings. The molecule has 0 aliphatic rings. The highest BCUT2D eigenvalue weighted by molar-refractivity contribution is 9.10. The van der Waals surface area contributed by atoms with Crippen LogP contribution in [0.3, 0.4) is 0 Å². The molecule has 1 heterocycles. The van der Waals surface area contributed by atoms with Crippen LogP contribution in [0, 0.1) is 0 Å². The zero-order valence-electron chi connectivity index (χ0n) is 13.2. The highest BCUT2D eigenvalue weighted by Crippen LogP contribution is 2.33. The Morgan fingerprint density at radius 3 is 2.16 bits per heavy atom. The lowest BCUT2D eigenvalue weighted by Crippen LogP contribution is -1.93. The largest absolute Gasteiger partial charge is 0.240 e. The van der Waals surface area contributed by atoms with Gasteiger partial charge in [-0.25, -0.2) is 4.68 Å². The molecule has 0 atom stereocenters. The van der Waals surface area contributed by atoms with Gasteiger partial charge in [-0.1, -0.05) is 74.3 Å². The van der Waals surface area contributed by atoms with Crippen LogP contribution in [-0.4, -0.2) is 9.78 Å². The molecule has 1 aromatic heterocycles. The van der Waals surface area contributed by atoms with Gasteiger partial charge in [0.15, 0.2) is 0 Å². The van der Waals surface area contributed by atoms with E-state index in [1.54, 1.807) is 0 Å². The molecule has 0 amide bonds. The maximum Gasteiger partial charge on any atom is 0.101 e. The van der Waals surface area contributed by atoms with Crippen molar-refractivity contribution >= 4 is 31.9 Å². The molecule has 25 heavy (non-hydrogen) atoms. The second-order valence-electron chi connectivity index (χ2n) is 5.69. The summed E-state index contributed by atoms with van der Waals surface area (Å²) in [7, 11) is 0. The molecular formula is C21H14Br2N2. The van der Waals surface area contributed by atoms with E-state index in [4.69, 9.17) is 5.10 Å². The molecule has 122 valence electrons. The summed E-state index contributed by atoms with van der Waals surface area (Å²) in [4.78, 5) is 0. The quantitative estimate of drug-likeness (QED) is 0.336. The van der Waals surface area contributed by atoms with Crippen molar-refractivity contribution in [3.05, 3.63) is 94.0 Å². The number of hydrogen-bond donors (Lipinski definition) is 0. The van der Waals surface area contributed by atoms with Gasteiger partial charge in [-0.15, -0.1) is 0 Å². The number of hydrogen-bond acceptors (Lipinski definition) is 1. The van der Waals surface area contributed by atoms with Gasteiger partial charge < -0.3 is 0 Å². The number of benzene rings is 3. The molecule has 0 aliphatic heterocycles. The van der Waals surface area contributed by atoms with Gasteiger partial charge in [0, 0.05) is 26.3 Å². The summed E-state index contributed by atoms with van der Waals surface area (Å²) in [6.45, 7) is 0. The number of nitrogens with zero attached hydrogens (tertiary/aromatic N) is 2. The Morgan fingerprint density at radius 1 is 0.680 bits per heavy atom. The zero-order valence-corrected chi connectivity index (χ0v) is 16.4. The minimum atomic E-state index is 0.967. The highest BCUT2D eigenvalue weighted by atomic mass is 79.9. The summed E-state index contributed by atoms with van der Waals surface area (Å²) in [5.74, 6) is 0. The first kappa shape index (κ1) is 16.3. The highest BCUT2D eigenvalue weighted by Gasteiger charge is 2.14. The van der Waals surface area contributed by atoms with Gasteiger partial charge in [-0.2, -0.15) is 5.10 Å². The van der Waals surface area contributed by atoms with E-state index in [1.807, 2.05) is 47.1 Å². The number of aromatic nitrogens is 2. The van der Waals surface area contributed by atoms with Gasteiger partial charge in [0.1, 0.15) is 5.69 Å². The molecule has 4 rings (SSSR count). The smallest absolute Gasteiger partial charge is 0.101 e. The summed E-state index contributed by atoms with van der Waals surface area (Å²) >= 11 is 7.07. The SMILES string of the molecule is Brc1ccc(-c2nn(-c3ccccc3)cc2-c2cccc(Br)c2)cc1. The molecule has 0 aliphatic carbocycles. The minimum absolute atomic E-state index is 0.967. The van der Waals surface area contributed by atoms with Crippen LogP contribution < -0.4 is 0 Å². The Hall–Kier alpha value is -2.17. The lowest BCUT2D eigenvalue weighted by Gasteiger charge is -2.03. The van der Waals surface area contributed by atoms with Crippen LogP contribution in [0.1, 0.15) is 0 Å². The van der Waals surface area contributed by atoms with Gasteiger partial charge in [-0.05, 0) is 42.0 Å². The second-order valence-corrected chi connectivity index (χ2v) is 7.52. The summed E-state index contributed by atoms with van der Waals surface area (Å²) in [6.07, 6.45) is 2.09. The Labute approximate surface area is 163 Å². The molecule has 2 nitrogen and oxygen atoms in total. The van der Waals surface area contributed by atoms with Crippen LogP contribution in [0.15, 0.2) is 94.0 Å². The fraction of sp³-hybridized carbons (Fsp3) is 0. The number of rotatable bonds is 3. The Bertz CT molecular complexity index is 1010. The minimum Gasteiger partial charge on any atom is -0.240 e. The third kappa shape index (κ3) is 3.46. The van der Waals surface area contributed by atoms with Crippen LogP contribution in [0.2, 0.25) is 0 Å². The number of para-hydroxylation sites is 1. The molecule has 0 unspecified atom stereocenters. The van der Waals surface area contributed by atoms with Crippen molar-refractivity contribution in [2.75, 3.05) is 0 Å². The van der Waals surface area contributed by atoms with Crippen LogP contribution in [0.4, 0.5) is 0 Å². The summed E-state index contributed by atoms with van der Waals surface area (Å²) in [6, 6.07) is 26.7. The van der Waals surface area contributed by atoms with Crippen molar-refractivity contribution in [1.29, 1.82) is 0 Å². The van der Waals surface area contributed by atoms with Crippen molar-refractivity contribution in [2.24, 2.45) is 0 Å². The molecule has 0 fully saturated rings. The Balaban J connectivity index is 1.91. The molecule has 0 saturated carbocycles. The van der Waals surface area contributed by atoms with Crippen molar-refractivity contribution in [3.8, 4) is 28.1 Å². The van der Waals surface area contributed by atoms with Gasteiger partial charge in [0.05, 0.1) is 5.69 Å². The van der Waals surface area contributed by atoms with E-state index in [9.17, 15) is 0 Å². The third-order valence-corrected chi connectivity index (χ3v) is 5.01. The maximum absolute atomic E-state index is 4.87. The molecule has 0 saturated heterocycles. The molecular weight excluding hydrogens is 440 g/mol. The first-order valence-corrected chi connectivity index (χ1v) is 9.46. The third-order valence-electron chi connectivity index (χ3n) is 3.99. The van der Waals surface area contributed by atoms with Crippen molar-refractivity contribution in [1.82, 2.24) is 9.78 Å². The topological polar surface area (TPSA) is 17.8 Å². The van der Waals surface area contributed by atoms with Crippen molar-refractivity contribution in [3.63, 3.8) is 0 Å². The average molecular weight is 454 g/mol. The van der Waals surface area contributed by atoms with Crippen molar-refractivity contribution in [2.45, 2.75) is 0 Å². The van der Waals surface area contributed by atoms with Crippen LogP contribution in [0.5, 0.6) is 0 Å². The van der Waals surface area contributed by atoms with E-state index >= 15 is 0 Å². The van der Waals surface area contributed by atoms with Gasteiger partial charge in [0.25, 0.3) is 0 Å². The van der Waals surface area contributed by atoms with E-state index in [-0.39, 0.29) is 0 Å². The maximum atomic E-state index is 4.87. The molecule has 3 aromatic carbocycles.